The van der Waals surface area contributed by atoms with Gasteiger partial charge in [-0.3, -0.25) is 4.79 Å². The number of sulfone groups is 1. The second kappa shape index (κ2) is 7.22. The summed E-state index contributed by atoms with van der Waals surface area (Å²) in [5.74, 6) is 4.06. The Kier molecular flexibility index (Phi) is 4.93. The Morgan fingerprint density at radius 1 is 1.17 bits per heavy atom. The van der Waals surface area contributed by atoms with Crippen molar-refractivity contribution in [2.75, 3.05) is 17.3 Å². The van der Waals surface area contributed by atoms with Crippen molar-refractivity contribution < 1.29 is 13.2 Å². The zero-order valence-electron chi connectivity index (χ0n) is 16.8. The molecule has 1 saturated heterocycles. The molecule has 6 rings (SSSR count). The summed E-state index contributed by atoms with van der Waals surface area (Å²) in [5.41, 5.74) is -0.0899. The Bertz CT molecular complexity index is 902. The average Bonchev–Trinajstić information content (AvgIpc) is 3.21. The summed E-state index contributed by atoms with van der Waals surface area (Å²) in [5, 5.41) is 9.36. The van der Waals surface area contributed by atoms with Crippen molar-refractivity contribution in [2.45, 2.75) is 62.6 Å². The molecule has 4 saturated carbocycles. The van der Waals surface area contributed by atoms with Crippen LogP contribution in [-0.4, -0.2) is 46.2 Å². The van der Waals surface area contributed by atoms with Gasteiger partial charge in [0.05, 0.1) is 17.3 Å². The molecule has 1 aliphatic heterocycles. The van der Waals surface area contributed by atoms with Crippen LogP contribution in [0.5, 0.6) is 0 Å². The Morgan fingerprint density at radius 2 is 1.83 bits per heavy atom. The number of thioether (sulfide) groups is 1. The van der Waals surface area contributed by atoms with Crippen molar-refractivity contribution in [3.05, 3.63) is 18.5 Å². The van der Waals surface area contributed by atoms with E-state index in [1.807, 2.05) is 4.57 Å². The summed E-state index contributed by atoms with van der Waals surface area (Å²) >= 11 is 1.47. The van der Waals surface area contributed by atoms with E-state index in [9.17, 15) is 13.2 Å². The van der Waals surface area contributed by atoms with Crippen LogP contribution >= 0.6 is 11.8 Å². The first kappa shape index (κ1) is 19.8. The Labute approximate surface area is 176 Å². The lowest BCUT2D eigenvalue weighted by Crippen LogP contribution is -2.50. The summed E-state index contributed by atoms with van der Waals surface area (Å²) in [4.78, 5) is 13.3. The monoisotopic (exact) mass is 435 g/mol. The van der Waals surface area contributed by atoms with E-state index in [2.05, 4.69) is 16.8 Å². The highest BCUT2D eigenvalue weighted by Crippen LogP contribution is 2.60. The molecule has 2 heterocycles. The van der Waals surface area contributed by atoms with Crippen LogP contribution in [0.4, 0.5) is 0 Å². The van der Waals surface area contributed by atoms with Crippen molar-refractivity contribution in [1.29, 1.82) is 0 Å². The third kappa shape index (κ3) is 3.60. The van der Waals surface area contributed by atoms with Gasteiger partial charge in [-0.25, -0.2) is 8.42 Å². The highest BCUT2D eigenvalue weighted by Gasteiger charge is 2.54. The first-order valence-electron chi connectivity index (χ1n) is 10.8. The van der Waals surface area contributed by atoms with Gasteiger partial charge in [0.25, 0.3) is 0 Å². The van der Waals surface area contributed by atoms with Crippen molar-refractivity contribution >= 4 is 27.4 Å². The van der Waals surface area contributed by atoms with E-state index in [1.165, 1.54) is 31.0 Å². The molecule has 1 atom stereocenters. The summed E-state index contributed by atoms with van der Waals surface area (Å²) in [6.07, 6.45) is 9.63. The summed E-state index contributed by atoms with van der Waals surface area (Å²) < 4.78 is 25.7. The van der Waals surface area contributed by atoms with Crippen LogP contribution in [0.2, 0.25) is 0 Å². The third-order valence-corrected chi connectivity index (χ3v) is 10.4. The molecule has 4 bridgehead atoms. The van der Waals surface area contributed by atoms with Gasteiger partial charge in [-0.15, -0.1) is 16.8 Å². The number of carbonyl (C=O) groups excluding carboxylic acids is 1. The smallest absolute Gasteiger partial charge is 0.191 e. The van der Waals surface area contributed by atoms with Gasteiger partial charge in [0.2, 0.25) is 0 Å². The topological polar surface area (TPSA) is 81.9 Å². The average molecular weight is 436 g/mol. The summed E-state index contributed by atoms with van der Waals surface area (Å²) in [7, 11) is -2.99. The van der Waals surface area contributed by atoms with E-state index in [0.717, 1.165) is 42.8 Å². The van der Waals surface area contributed by atoms with E-state index in [1.54, 1.807) is 6.08 Å². The predicted molar refractivity (Wildman–Crippen MR) is 113 cm³/mol. The Balaban J connectivity index is 1.31. The number of Topliss-reactive ketones (excluding diaryl/α,β-unsaturated/α-hetero) is 1. The number of ketones is 1. The second-order valence-electron chi connectivity index (χ2n) is 9.75. The molecule has 158 valence electrons. The second-order valence-corrected chi connectivity index (χ2v) is 12.9. The van der Waals surface area contributed by atoms with Gasteiger partial charge in [-0.05, 0) is 62.7 Å². The molecule has 0 aromatic carbocycles. The maximum Gasteiger partial charge on any atom is 0.191 e. The number of nitrogens with zero attached hydrogens (tertiary/aromatic N) is 3. The van der Waals surface area contributed by atoms with E-state index in [0.29, 0.717) is 29.7 Å². The molecule has 5 fully saturated rings. The SMILES string of the molecule is C=CCn1c(SCC(=O)C23CC4CC(CC(C4)C2)C3)nnc1C1CCS(=O)(=O)C1. The molecule has 6 nitrogen and oxygen atoms in total. The number of hydrogen-bond acceptors (Lipinski definition) is 6. The molecule has 29 heavy (non-hydrogen) atoms. The molecule has 1 aromatic heterocycles. The normalized spacial score (nSPS) is 37.1. The van der Waals surface area contributed by atoms with Crippen LogP contribution < -0.4 is 0 Å². The number of rotatable bonds is 7. The number of hydrogen-bond donors (Lipinski definition) is 0. The van der Waals surface area contributed by atoms with Crippen LogP contribution in [0.15, 0.2) is 17.8 Å². The molecular formula is C21H29N3O3S2. The molecule has 1 aromatic rings. The molecule has 0 N–H and O–H groups in total. The van der Waals surface area contributed by atoms with Gasteiger partial charge in [0.1, 0.15) is 11.6 Å². The number of allylic oxidation sites excluding steroid dienone is 1. The highest BCUT2D eigenvalue weighted by atomic mass is 32.2. The van der Waals surface area contributed by atoms with Crippen molar-refractivity contribution in [2.24, 2.45) is 23.2 Å². The minimum atomic E-state index is -2.99. The zero-order valence-corrected chi connectivity index (χ0v) is 18.4. The van der Waals surface area contributed by atoms with Crippen molar-refractivity contribution in [3.8, 4) is 0 Å². The standard InChI is InChI=1S/C21H29N3O3S2/c1-2-4-24-19(17-3-5-29(26,27)13-17)22-23-20(24)28-12-18(25)21-9-14-6-15(10-21)8-16(7-14)11-21/h2,14-17H,1,3-13H2. The molecule has 5 aliphatic rings. The van der Waals surface area contributed by atoms with Crippen LogP contribution in [-0.2, 0) is 21.2 Å². The number of carbonyl (C=O) groups is 1. The van der Waals surface area contributed by atoms with Gasteiger partial charge >= 0.3 is 0 Å². The third-order valence-electron chi connectivity index (χ3n) is 7.62. The van der Waals surface area contributed by atoms with E-state index in [-0.39, 0.29) is 22.8 Å². The van der Waals surface area contributed by atoms with Gasteiger partial charge < -0.3 is 4.57 Å². The zero-order chi connectivity index (χ0) is 20.2. The molecule has 0 radical (unpaired) electrons. The molecule has 0 amide bonds. The first-order chi connectivity index (χ1) is 13.9. The molecule has 8 heteroatoms. The minimum absolute atomic E-state index is 0.0899. The number of aromatic nitrogens is 3. The van der Waals surface area contributed by atoms with Crippen LogP contribution in [0, 0.1) is 23.2 Å². The Hall–Kier alpha value is -1.15. The maximum absolute atomic E-state index is 13.3. The fourth-order valence-corrected chi connectivity index (χ4v) is 9.47. The lowest BCUT2D eigenvalue weighted by molar-refractivity contribution is -0.141. The predicted octanol–water partition coefficient (Wildman–Crippen LogP) is 3.24. The quantitative estimate of drug-likeness (QED) is 0.483. The molecule has 0 spiro atoms. The van der Waals surface area contributed by atoms with Gasteiger partial charge in [0, 0.05) is 17.9 Å². The fraction of sp³-hybridized carbons (Fsp3) is 0.762. The van der Waals surface area contributed by atoms with Crippen LogP contribution in [0.1, 0.15) is 56.7 Å². The van der Waals surface area contributed by atoms with Crippen molar-refractivity contribution in [3.63, 3.8) is 0 Å². The minimum Gasteiger partial charge on any atom is -0.302 e. The summed E-state index contributed by atoms with van der Waals surface area (Å²) in [6, 6.07) is 0. The van der Waals surface area contributed by atoms with E-state index in [4.69, 9.17) is 0 Å². The lowest BCUT2D eigenvalue weighted by atomic mass is 9.48. The lowest BCUT2D eigenvalue weighted by Gasteiger charge is -2.56. The fourth-order valence-electron chi connectivity index (χ4n) is 6.74. The summed E-state index contributed by atoms with van der Waals surface area (Å²) in [6.45, 7) is 4.36. The van der Waals surface area contributed by atoms with Gasteiger partial charge in [0.15, 0.2) is 15.0 Å². The molecule has 4 aliphatic carbocycles. The van der Waals surface area contributed by atoms with Crippen LogP contribution in [0.25, 0.3) is 0 Å². The largest absolute Gasteiger partial charge is 0.302 e. The van der Waals surface area contributed by atoms with Crippen molar-refractivity contribution in [1.82, 2.24) is 14.8 Å². The van der Waals surface area contributed by atoms with Gasteiger partial charge in [-0.1, -0.05) is 17.8 Å². The van der Waals surface area contributed by atoms with E-state index < -0.39 is 9.84 Å². The van der Waals surface area contributed by atoms with Crippen LogP contribution in [0.3, 0.4) is 0 Å². The molecule has 1 unspecified atom stereocenters. The first-order valence-corrected chi connectivity index (χ1v) is 13.6. The maximum atomic E-state index is 13.3. The van der Waals surface area contributed by atoms with Gasteiger partial charge in [-0.2, -0.15) is 0 Å². The van der Waals surface area contributed by atoms with E-state index >= 15 is 0 Å². The Morgan fingerprint density at radius 3 is 2.38 bits per heavy atom. The molecular weight excluding hydrogens is 406 g/mol. The highest BCUT2D eigenvalue weighted by molar-refractivity contribution is 7.99.